The minimum Gasteiger partial charge on any atom is -0.465 e. The van der Waals surface area contributed by atoms with Crippen molar-refractivity contribution in [3.63, 3.8) is 0 Å². The molecule has 2 amide bonds. The third-order valence-electron chi connectivity index (χ3n) is 14.2. The molecule has 2 aromatic carbocycles. The molecule has 86 heavy (non-hydrogen) atoms. The Hall–Kier alpha value is -7.35. The molecule has 0 aliphatic carbocycles. The van der Waals surface area contributed by atoms with Crippen LogP contribution in [0.5, 0.6) is 12.0 Å². The van der Waals surface area contributed by atoms with Gasteiger partial charge in [-0.15, -0.1) is 0 Å². The number of hydrogen-bond acceptors (Lipinski definition) is 21. The Morgan fingerprint density at radius 3 is 1.62 bits per heavy atom. The molecule has 0 saturated carbocycles. The van der Waals surface area contributed by atoms with Crippen LogP contribution in [0, 0.1) is 10.1 Å². The van der Waals surface area contributed by atoms with Crippen LogP contribution in [0.4, 0.5) is 33.3 Å². The van der Waals surface area contributed by atoms with E-state index in [9.17, 15) is 33.7 Å². The maximum absolute atomic E-state index is 13.5. The summed E-state index contributed by atoms with van der Waals surface area (Å²) in [6.07, 6.45) is 4.85. The average Bonchev–Trinajstić information content (AvgIpc) is 1.74. The monoisotopic (exact) mass is 1210 g/mol. The number of nitrogens with zero attached hydrogens (tertiary/aromatic N) is 13. The minimum absolute atomic E-state index is 0. The number of esters is 1. The van der Waals surface area contributed by atoms with Crippen molar-refractivity contribution in [1.82, 2.24) is 49.3 Å². The Morgan fingerprint density at radius 1 is 0.663 bits per heavy atom. The van der Waals surface area contributed by atoms with Crippen molar-refractivity contribution in [2.24, 2.45) is 0 Å². The number of aromatic nitrogens is 4. The van der Waals surface area contributed by atoms with E-state index in [1.165, 1.54) is 4.90 Å². The fourth-order valence-corrected chi connectivity index (χ4v) is 9.52. The summed E-state index contributed by atoms with van der Waals surface area (Å²) in [5.41, 5.74) is 14.4. The summed E-state index contributed by atoms with van der Waals surface area (Å²) in [5.74, 6) is 0.115. The number of carbonyl (C=O) groups is 4. The molecular weight excluding hydrogens is 1110 g/mol. The van der Waals surface area contributed by atoms with Gasteiger partial charge in [0.05, 0.1) is 51.6 Å². The van der Waals surface area contributed by atoms with Crippen LogP contribution < -0.4 is 30.7 Å². The predicted octanol–water partition coefficient (Wildman–Crippen LogP) is 6.51. The van der Waals surface area contributed by atoms with E-state index in [0.29, 0.717) is 96.2 Å². The number of carbonyl (C=O) groups excluding carboxylic acids is 4. The second-order valence-corrected chi connectivity index (χ2v) is 20.7. The van der Waals surface area contributed by atoms with Gasteiger partial charge in [0.2, 0.25) is 23.5 Å². The first-order valence-electron chi connectivity index (χ1n) is 28.9. The Bertz CT molecular complexity index is 2630. The number of halogens is 1. The quantitative estimate of drug-likeness (QED) is 0.0254. The topological polar surface area (TPSA) is 269 Å². The summed E-state index contributed by atoms with van der Waals surface area (Å²) >= 11 is 0. The second kappa shape index (κ2) is 40.1. The zero-order valence-electron chi connectivity index (χ0n) is 49.6. The van der Waals surface area contributed by atoms with Gasteiger partial charge < -0.3 is 55.1 Å². The van der Waals surface area contributed by atoms with E-state index in [0.717, 1.165) is 89.2 Å². The first-order valence-corrected chi connectivity index (χ1v) is 28.9. The van der Waals surface area contributed by atoms with Crippen LogP contribution in [0.15, 0.2) is 60.7 Å². The number of nitro groups is 1. The molecule has 0 radical (unpaired) electrons. The number of alkyl halides is 1. The number of ether oxygens (including phenoxy) is 3. The minimum atomic E-state index is -0.667. The standard InChI is InChI=1S/C29H44N8O6.C28H41N7O3.CH3F.3CH4/c1-4-6-19-43-29-31-27(30)26(37(40)41)28(32-29)36(22-25(39)42-5-2)14-10-13-35(20-23-11-8-7-9-12-23)24(38)21-34-17-15-33(3)16-18-34;1-3-4-17-38-28-30-26(29)24-18-23(36)20-35(27(24)31-28)12-8-11-34(19-22-9-6-5-7-10-22)25(37)21-33-15-13-32(2)14-16-33;1-2;;;/h7-9,11-12H,4-6,10,13-22H2,1-3H3,(H2,30,31,32);5-7,9-10H,3-4,8,11-21H2,1-2H3,(H2,29,30,31);1H3;3*1H4. The lowest BCUT2D eigenvalue weighted by Crippen LogP contribution is -2.49. The van der Waals surface area contributed by atoms with Crippen LogP contribution in [-0.4, -0.2) is 224 Å². The van der Waals surface area contributed by atoms with Gasteiger partial charge in [-0.2, -0.15) is 19.9 Å². The summed E-state index contributed by atoms with van der Waals surface area (Å²) in [4.78, 5) is 96.5. The molecule has 4 aromatic rings. The number of unbranched alkanes of at least 4 members (excludes halogenated alkanes) is 2. The van der Waals surface area contributed by atoms with Crippen LogP contribution in [0.2, 0.25) is 0 Å². The van der Waals surface area contributed by atoms with Gasteiger partial charge in [0.1, 0.15) is 18.2 Å². The molecule has 0 atom stereocenters. The van der Waals surface area contributed by atoms with Crippen LogP contribution in [0.3, 0.4) is 0 Å². The molecule has 0 spiro atoms. The van der Waals surface area contributed by atoms with Gasteiger partial charge >= 0.3 is 23.7 Å². The van der Waals surface area contributed by atoms with Crippen molar-refractivity contribution < 1.29 is 42.7 Å². The summed E-state index contributed by atoms with van der Waals surface area (Å²) in [6, 6.07) is 20.0. The molecule has 7 rings (SSSR count). The number of anilines is 4. The largest absolute Gasteiger partial charge is 0.465 e. The molecule has 480 valence electrons. The highest BCUT2D eigenvalue weighted by Gasteiger charge is 2.31. The second-order valence-electron chi connectivity index (χ2n) is 20.7. The van der Waals surface area contributed by atoms with Crippen molar-refractivity contribution in [2.45, 2.75) is 101 Å². The van der Waals surface area contributed by atoms with Gasteiger partial charge in [-0.05, 0) is 57.8 Å². The van der Waals surface area contributed by atoms with Crippen LogP contribution >= 0.6 is 0 Å². The highest BCUT2D eigenvalue weighted by atomic mass is 19.1. The van der Waals surface area contributed by atoms with E-state index in [-0.39, 0.29) is 96.2 Å². The molecule has 0 unspecified atom stereocenters. The fraction of sp³-hybridized carbons (Fsp3) is 0.607. The van der Waals surface area contributed by atoms with Crippen molar-refractivity contribution in [3.8, 4) is 12.0 Å². The van der Waals surface area contributed by atoms with Gasteiger partial charge in [-0.25, -0.2) is 0 Å². The number of likely N-dealkylation sites (N-methyl/N-ethyl adjacent to an activating group) is 2. The number of ketones is 1. The lowest BCUT2D eigenvalue weighted by atomic mass is 10.0. The highest BCUT2D eigenvalue weighted by Crippen LogP contribution is 2.33. The average molecular weight is 1210 g/mol. The molecule has 3 aliphatic heterocycles. The smallest absolute Gasteiger partial charge is 0.353 e. The maximum atomic E-state index is 13.5. The number of hydrogen-bond donors (Lipinski definition) is 2. The van der Waals surface area contributed by atoms with Gasteiger partial charge in [-0.1, -0.05) is 110 Å². The van der Waals surface area contributed by atoms with Crippen molar-refractivity contribution in [1.29, 1.82) is 0 Å². The highest BCUT2D eigenvalue weighted by molar-refractivity contribution is 5.91. The number of rotatable bonds is 29. The Labute approximate surface area is 510 Å². The van der Waals surface area contributed by atoms with E-state index in [1.807, 2.05) is 65.3 Å². The molecule has 2 saturated heterocycles. The molecule has 4 N–H and O–H groups in total. The first-order chi connectivity index (χ1) is 40.1. The summed E-state index contributed by atoms with van der Waals surface area (Å²) in [6.45, 7) is 17.3. The molecule has 24 nitrogen and oxygen atoms in total. The van der Waals surface area contributed by atoms with E-state index in [1.54, 1.807) is 11.8 Å². The Morgan fingerprint density at radius 2 is 1.14 bits per heavy atom. The fourth-order valence-electron chi connectivity index (χ4n) is 9.52. The molecule has 25 heteroatoms. The van der Waals surface area contributed by atoms with Crippen LogP contribution in [-0.2, 0) is 43.4 Å². The number of piperazine rings is 2. The van der Waals surface area contributed by atoms with E-state index in [2.05, 4.69) is 72.7 Å². The van der Waals surface area contributed by atoms with Gasteiger partial charge in [0.25, 0.3) is 0 Å². The van der Waals surface area contributed by atoms with Crippen LogP contribution in [0.1, 0.15) is 98.3 Å². The number of benzene rings is 2. The number of Topliss-reactive ketones (excluding diaryl/α,β-unsaturated/α-hetero) is 1. The maximum Gasteiger partial charge on any atom is 0.353 e. The summed E-state index contributed by atoms with van der Waals surface area (Å²) < 4.78 is 26.0. The molecule has 5 heterocycles. The number of amides is 2. The van der Waals surface area contributed by atoms with E-state index in [4.69, 9.17) is 25.7 Å². The van der Waals surface area contributed by atoms with Crippen LogP contribution in [0.25, 0.3) is 0 Å². The van der Waals surface area contributed by atoms with Gasteiger partial charge in [0, 0.05) is 104 Å². The first kappa shape index (κ1) is 74.7. The predicted molar refractivity (Wildman–Crippen MR) is 338 cm³/mol. The Kier molecular flexibility index (Phi) is 34.9. The normalized spacial score (nSPS) is 14.2. The Balaban J connectivity index is 0.000000555. The lowest BCUT2D eigenvalue weighted by molar-refractivity contribution is -0.383. The summed E-state index contributed by atoms with van der Waals surface area (Å²) in [5, 5.41) is 12.0. The molecular formula is C61H100FN15O9. The molecule has 2 fully saturated rings. The zero-order valence-corrected chi connectivity index (χ0v) is 49.6. The van der Waals surface area contributed by atoms with E-state index >= 15 is 0 Å². The van der Waals surface area contributed by atoms with Gasteiger partial charge in [-0.3, -0.25) is 43.5 Å². The third kappa shape index (κ3) is 24.6. The van der Waals surface area contributed by atoms with Gasteiger partial charge in [0.15, 0.2) is 5.78 Å². The molecule has 0 bridgehead atoms. The third-order valence-corrected chi connectivity index (χ3v) is 14.2. The van der Waals surface area contributed by atoms with Crippen molar-refractivity contribution in [3.05, 3.63) is 87.5 Å². The van der Waals surface area contributed by atoms with Crippen molar-refractivity contribution >= 4 is 52.5 Å². The SMILES string of the molecule is C.C.C.CCCCOc1nc(N)c([N+](=O)[O-])c(N(CCCN(Cc2ccccc2)C(=O)CN2CCN(C)CC2)CC(=O)OCC)n1.CCCCOc1nc(N)c2c(n1)N(CCCN(Cc1ccccc1)C(=O)CN1CCN(C)CC1)CC(=O)C2.CF. The lowest BCUT2D eigenvalue weighted by Gasteiger charge is -2.34. The summed E-state index contributed by atoms with van der Waals surface area (Å²) in [7, 11) is 4.68. The number of nitrogens with two attached hydrogens (primary N) is 2. The molecule has 3 aliphatic rings. The van der Waals surface area contributed by atoms with E-state index < -0.39 is 16.6 Å². The number of fused-ring (bicyclic) bond motifs is 1. The molecule has 2 aromatic heterocycles. The zero-order chi connectivity index (χ0) is 60.1. The van der Waals surface area contributed by atoms with Crippen molar-refractivity contribution in [2.75, 3.05) is 167 Å². The number of nitrogen functional groups attached to an aromatic ring is 2.